The maximum Gasteiger partial charge on any atom is 0.182 e. The summed E-state index contributed by atoms with van der Waals surface area (Å²) in [5, 5.41) is -0.205. The third-order valence-electron chi connectivity index (χ3n) is 2.35. The van der Waals surface area contributed by atoms with Crippen LogP contribution in [0.4, 0.5) is 0 Å². The predicted molar refractivity (Wildman–Crippen MR) is 61.7 cm³/mol. The van der Waals surface area contributed by atoms with E-state index in [-0.39, 0.29) is 4.90 Å². The second kappa shape index (κ2) is 4.51. The largest absolute Gasteiger partial charge is 0.327 e. The van der Waals surface area contributed by atoms with E-state index in [0.717, 1.165) is 0 Å². The van der Waals surface area contributed by atoms with Crippen molar-refractivity contribution in [2.24, 2.45) is 5.73 Å². The Bertz CT molecular complexity index is 442. The van der Waals surface area contributed by atoms with Gasteiger partial charge in [0.25, 0.3) is 0 Å². The molecule has 84 valence electrons. The third kappa shape index (κ3) is 2.71. The SMILES string of the molecule is CC(N)C(C)S(=O)(=O)c1cccc(Cl)c1. The van der Waals surface area contributed by atoms with Crippen molar-refractivity contribution in [3.63, 3.8) is 0 Å². The lowest BCUT2D eigenvalue weighted by molar-refractivity contribution is 0.568. The first kappa shape index (κ1) is 12.5. The van der Waals surface area contributed by atoms with Crippen molar-refractivity contribution in [3.8, 4) is 0 Å². The summed E-state index contributed by atoms with van der Waals surface area (Å²) in [5.74, 6) is 0. The highest BCUT2D eigenvalue weighted by Crippen LogP contribution is 2.20. The van der Waals surface area contributed by atoms with Crippen LogP contribution in [0.25, 0.3) is 0 Å². The van der Waals surface area contributed by atoms with Gasteiger partial charge in [-0.1, -0.05) is 17.7 Å². The minimum atomic E-state index is -3.37. The fourth-order valence-corrected chi connectivity index (χ4v) is 2.95. The fraction of sp³-hybridized carbons (Fsp3) is 0.400. The van der Waals surface area contributed by atoms with Crippen LogP contribution >= 0.6 is 11.6 Å². The van der Waals surface area contributed by atoms with Crippen LogP contribution in [0.2, 0.25) is 5.02 Å². The maximum atomic E-state index is 12.0. The van der Waals surface area contributed by atoms with E-state index in [1.165, 1.54) is 12.1 Å². The molecule has 2 unspecified atom stereocenters. The summed E-state index contributed by atoms with van der Waals surface area (Å²) < 4.78 is 24.0. The van der Waals surface area contributed by atoms with Crippen LogP contribution in [0.15, 0.2) is 29.2 Å². The molecule has 5 heteroatoms. The Morgan fingerprint density at radius 1 is 1.33 bits per heavy atom. The van der Waals surface area contributed by atoms with Gasteiger partial charge in [-0.15, -0.1) is 0 Å². The van der Waals surface area contributed by atoms with Crippen molar-refractivity contribution < 1.29 is 8.42 Å². The molecule has 0 aliphatic carbocycles. The number of benzene rings is 1. The molecule has 15 heavy (non-hydrogen) atoms. The molecule has 2 atom stereocenters. The second-order valence-corrected chi connectivity index (χ2v) is 6.31. The van der Waals surface area contributed by atoms with E-state index in [4.69, 9.17) is 17.3 Å². The summed E-state index contributed by atoms with van der Waals surface area (Å²) in [6.45, 7) is 3.27. The minimum absolute atomic E-state index is 0.222. The van der Waals surface area contributed by atoms with E-state index in [1.807, 2.05) is 0 Å². The number of nitrogens with two attached hydrogens (primary N) is 1. The average Bonchev–Trinajstić information content (AvgIpc) is 2.16. The Hall–Kier alpha value is -0.580. The molecular formula is C10H14ClNO2S. The molecule has 0 aliphatic heterocycles. The smallest absolute Gasteiger partial charge is 0.182 e. The van der Waals surface area contributed by atoms with Gasteiger partial charge in [-0.05, 0) is 32.0 Å². The lowest BCUT2D eigenvalue weighted by atomic mass is 10.3. The molecule has 1 aromatic carbocycles. The van der Waals surface area contributed by atoms with E-state index < -0.39 is 21.1 Å². The minimum Gasteiger partial charge on any atom is -0.327 e. The second-order valence-electron chi connectivity index (χ2n) is 3.57. The summed E-state index contributed by atoms with van der Waals surface area (Å²) in [6.07, 6.45) is 0. The molecule has 0 aliphatic rings. The molecule has 0 amide bonds. The van der Waals surface area contributed by atoms with Crippen LogP contribution in [-0.4, -0.2) is 19.7 Å². The zero-order valence-corrected chi connectivity index (χ0v) is 10.2. The van der Waals surface area contributed by atoms with Gasteiger partial charge >= 0.3 is 0 Å². The number of sulfone groups is 1. The molecule has 0 fully saturated rings. The average molecular weight is 248 g/mol. The first-order valence-electron chi connectivity index (χ1n) is 4.60. The molecule has 3 nitrogen and oxygen atoms in total. The van der Waals surface area contributed by atoms with Gasteiger partial charge < -0.3 is 5.73 Å². The number of halogens is 1. The molecule has 1 rings (SSSR count). The first-order valence-corrected chi connectivity index (χ1v) is 6.53. The van der Waals surface area contributed by atoms with E-state index in [9.17, 15) is 8.42 Å². The van der Waals surface area contributed by atoms with E-state index in [0.29, 0.717) is 5.02 Å². The molecule has 0 spiro atoms. The molecule has 1 aromatic rings. The number of hydrogen-bond donors (Lipinski definition) is 1. The summed E-state index contributed by atoms with van der Waals surface area (Å²) in [7, 11) is -3.37. The van der Waals surface area contributed by atoms with Gasteiger partial charge in [0.05, 0.1) is 10.1 Å². The summed E-state index contributed by atoms with van der Waals surface area (Å²) in [5.41, 5.74) is 5.59. The van der Waals surface area contributed by atoms with Crippen molar-refractivity contribution in [1.29, 1.82) is 0 Å². The molecule has 0 heterocycles. The maximum absolute atomic E-state index is 12.0. The summed E-state index contributed by atoms with van der Waals surface area (Å²) in [4.78, 5) is 0.222. The highest BCUT2D eigenvalue weighted by molar-refractivity contribution is 7.92. The predicted octanol–water partition coefficient (Wildman–Crippen LogP) is 1.85. The van der Waals surface area contributed by atoms with Crippen molar-refractivity contribution in [3.05, 3.63) is 29.3 Å². The van der Waals surface area contributed by atoms with Crippen LogP contribution < -0.4 is 5.73 Å². The van der Waals surface area contributed by atoms with Gasteiger partial charge in [0.2, 0.25) is 0 Å². The zero-order valence-electron chi connectivity index (χ0n) is 8.64. The van der Waals surface area contributed by atoms with Crippen LogP contribution in [0.1, 0.15) is 13.8 Å². The highest BCUT2D eigenvalue weighted by atomic mass is 35.5. The van der Waals surface area contributed by atoms with E-state index in [1.54, 1.807) is 26.0 Å². The normalized spacial score (nSPS) is 16.0. The lowest BCUT2D eigenvalue weighted by Crippen LogP contribution is -2.35. The van der Waals surface area contributed by atoms with Gasteiger partial charge in [-0.25, -0.2) is 8.42 Å². The number of hydrogen-bond acceptors (Lipinski definition) is 3. The Labute approximate surface area is 95.2 Å². The van der Waals surface area contributed by atoms with Crippen molar-refractivity contribution >= 4 is 21.4 Å². The Morgan fingerprint density at radius 2 is 1.93 bits per heavy atom. The van der Waals surface area contributed by atoms with Crippen LogP contribution in [0.5, 0.6) is 0 Å². The molecule has 0 saturated carbocycles. The van der Waals surface area contributed by atoms with Gasteiger partial charge in [-0.3, -0.25) is 0 Å². The zero-order chi connectivity index (χ0) is 11.6. The van der Waals surface area contributed by atoms with Crippen LogP contribution in [0, 0.1) is 0 Å². The quantitative estimate of drug-likeness (QED) is 0.887. The van der Waals surface area contributed by atoms with E-state index in [2.05, 4.69) is 0 Å². The van der Waals surface area contributed by atoms with Gasteiger partial charge in [-0.2, -0.15) is 0 Å². The standard InChI is InChI=1S/C10H14ClNO2S/c1-7(12)8(2)15(13,14)10-5-3-4-9(11)6-10/h3-8H,12H2,1-2H3. The molecular weight excluding hydrogens is 234 g/mol. The van der Waals surface area contributed by atoms with Crippen molar-refractivity contribution in [2.45, 2.75) is 30.0 Å². The number of rotatable bonds is 3. The highest BCUT2D eigenvalue weighted by Gasteiger charge is 2.26. The lowest BCUT2D eigenvalue weighted by Gasteiger charge is -2.16. The van der Waals surface area contributed by atoms with Crippen molar-refractivity contribution in [2.75, 3.05) is 0 Å². The topological polar surface area (TPSA) is 60.2 Å². The Morgan fingerprint density at radius 3 is 2.40 bits per heavy atom. The Kier molecular flexibility index (Phi) is 3.76. The monoisotopic (exact) mass is 247 g/mol. The van der Waals surface area contributed by atoms with Crippen molar-refractivity contribution in [1.82, 2.24) is 0 Å². The Balaban J connectivity index is 3.17. The van der Waals surface area contributed by atoms with Crippen LogP contribution in [-0.2, 0) is 9.84 Å². The first-order chi connectivity index (χ1) is 6.85. The molecule has 0 aromatic heterocycles. The van der Waals surface area contributed by atoms with E-state index >= 15 is 0 Å². The van der Waals surface area contributed by atoms with Gasteiger partial charge in [0, 0.05) is 11.1 Å². The molecule has 0 bridgehead atoms. The summed E-state index contributed by atoms with van der Waals surface area (Å²) in [6, 6.07) is 5.81. The fourth-order valence-electron chi connectivity index (χ4n) is 1.14. The molecule has 2 N–H and O–H groups in total. The summed E-state index contributed by atoms with van der Waals surface area (Å²) >= 11 is 5.74. The molecule has 0 radical (unpaired) electrons. The van der Waals surface area contributed by atoms with Gasteiger partial charge in [0.15, 0.2) is 9.84 Å². The van der Waals surface area contributed by atoms with Gasteiger partial charge in [0.1, 0.15) is 0 Å². The third-order valence-corrected chi connectivity index (χ3v) is 4.91. The van der Waals surface area contributed by atoms with Crippen LogP contribution in [0.3, 0.4) is 0 Å². The molecule has 0 saturated heterocycles.